The predicted molar refractivity (Wildman–Crippen MR) is 88.7 cm³/mol. The largest absolute Gasteiger partial charge is 0.439 e. The van der Waals surface area contributed by atoms with E-state index in [0.717, 1.165) is 30.7 Å². The number of rotatable bonds is 3. The van der Waals surface area contributed by atoms with Crippen molar-refractivity contribution in [1.29, 1.82) is 0 Å². The number of hydrogen-bond donors (Lipinski definition) is 0. The molecule has 0 saturated carbocycles. The lowest BCUT2D eigenvalue weighted by atomic mass is 9.92. The van der Waals surface area contributed by atoms with Crippen LogP contribution in [-0.2, 0) is 22.5 Å². The summed E-state index contributed by atoms with van der Waals surface area (Å²) in [6, 6.07) is 0. The molecule has 0 aliphatic carbocycles. The number of aromatic nitrogens is 2. The molecular formula is C17H26N4O3. The first-order valence-electron chi connectivity index (χ1n) is 8.60. The minimum atomic E-state index is -0.538. The van der Waals surface area contributed by atoms with Crippen LogP contribution in [0.25, 0.3) is 0 Å². The van der Waals surface area contributed by atoms with E-state index in [1.54, 1.807) is 16.6 Å². The van der Waals surface area contributed by atoms with Crippen molar-refractivity contribution < 1.29 is 14.3 Å². The van der Waals surface area contributed by atoms with E-state index in [2.05, 4.69) is 12.0 Å². The molecule has 7 heteroatoms. The first-order chi connectivity index (χ1) is 11.3. The van der Waals surface area contributed by atoms with Crippen molar-refractivity contribution in [2.24, 2.45) is 0 Å². The van der Waals surface area contributed by atoms with Gasteiger partial charge in [0.1, 0.15) is 12.1 Å². The highest BCUT2D eigenvalue weighted by molar-refractivity contribution is 5.77. The van der Waals surface area contributed by atoms with Crippen molar-refractivity contribution in [1.82, 2.24) is 19.6 Å². The van der Waals surface area contributed by atoms with Gasteiger partial charge in [0, 0.05) is 19.3 Å². The van der Waals surface area contributed by atoms with E-state index in [9.17, 15) is 9.59 Å². The Kier molecular flexibility index (Phi) is 4.27. The van der Waals surface area contributed by atoms with E-state index in [-0.39, 0.29) is 18.5 Å². The first-order valence-corrected chi connectivity index (χ1v) is 8.60. The summed E-state index contributed by atoms with van der Waals surface area (Å²) in [5.41, 5.74) is 2.72. The lowest BCUT2D eigenvalue weighted by molar-refractivity contribution is -0.137. The van der Waals surface area contributed by atoms with Gasteiger partial charge in [0.05, 0.1) is 18.8 Å². The van der Waals surface area contributed by atoms with Gasteiger partial charge in [-0.2, -0.15) is 5.10 Å². The summed E-state index contributed by atoms with van der Waals surface area (Å²) in [7, 11) is 1.74. The fraction of sp³-hybridized carbons (Fsp3) is 0.706. The average molecular weight is 334 g/mol. The van der Waals surface area contributed by atoms with Crippen molar-refractivity contribution in [2.45, 2.75) is 52.2 Å². The predicted octanol–water partition coefficient (Wildman–Crippen LogP) is 1.51. The molecule has 2 saturated heterocycles. The van der Waals surface area contributed by atoms with Gasteiger partial charge in [-0.3, -0.25) is 9.48 Å². The first kappa shape index (κ1) is 16.8. The van der Waals surface area contributed by atoms with E-state index < -0.39 is 5.60 Å². The third-order valence-corrected chi connectivity index (χ3v) is 5.20. The minimum Gasteiger partial charge on any atom is -0.439 e. The highest BCUT2D eigenvalue weighted by Gasteiger charge is 2.47. The maximum Gasteiger partial charge on any atom is 0.410 e. The Morgan fingerprint density at radius 3 is 2.67 bits per heavy atom. The van der Waals surface area contributed by atoms with Crippen molar-refractivity contribution in [3.8, 4) is 0 Å². The average Bonchev–Trinajstić information content (AvgIpc) is 2.95. The molecule has 0 aromatic carbocycles. The molecule has 132 valence electrons. The fourth-order valence-corrected chi connectivity index (χ4v) is 3.94. The van der Waals surface area contributed by atoms with Crippen LogP contribution in [0.15, 0.2) is 0 Å². The summed E-state index contributed by atoms with van der Waals surface area (Å²) in [4.78, 5) is 27.9. The Morgan fingerprint density at radius 1 is 1.33 bits per heavy atom. The highest BCUT2D eigenvalue weighted by atomic mass is 16.6. The third kappa shape index (κ3) is 2.87. The maximum atomic E-state index is 12.7. The van der Waals surface area contributed by atoms with E-state index in [4.69, 9.17) is 4.74 Å². The van der Waals surface area contributed by atoms with E-state index in [1.165, 1.54) is 5.56 Å². The van der Waals surface area contributed by atoms with Crippen LogP contribution in [0.5, 0.6) is 0 Å². The zero-order chi connectivity index (χ0) is 17.5. The van der Waals surface area contributed by atoms with Crippen LogP contribution < -0.4 is 0 Å². The maximum absolute atomic E-state index is 12.7. The second kappa shape index (κ2) is 6.11. The molecule has 2 aliphatic heterocycles. The van der Waals surface area contributed by atoms with Crippen molar-refractivity contribution >= 4 is 12.0 Å². The fourth-order valence-electron chi connectivity index (χ4n) is 3.94. The number of likely N-dealkylation sites (N-methyl/N-ethyl adjacent to an activating group) is 1. The Hall–Kier alpha value is -2.05. The number of carbonyl (C=O) groups excluding carboxylic acids is 2. The van der Waals surface area contributed by atoms with Gasteiger partial charge in [-0.05, 0) is 38.7 Å². The van der Waals surface area contributed by atoms with Crippen LogP contribution in [0, 0.1) is 13.8 Å². The normalized spacial score (nSPS) is 23.9. The Bertz CT molecular complexity index is 669. The SMILES string of the molecule is CCc1c(C)nn(CC(=O)N2CCC[C@]3(CN(C)C(=O)O3)C2)c1C. The third-order valence-electron chi connectivity index (χ3n) is 5.20. The molecule has 1 atom stereocenters. The Labute approximate surface area is 142 Å². The van der Waals surface area contributed by atoms with E-state index in [0.29, 0.717) is 19.6 Å². The zero-order valence-corrected chi connectivity index (χ0v) is 15.0. The number of hydrogen-bond acceptors (Lipinski definition) is 4. The molecule has 7 nitrogen and oxygen atoms in total. The number of nitrogens with zero attached hydrogens (tertiary/aromatic N) is 4. The summed E-state index contributed by atoms with van der Waals surface area (Å²) in [5, 5.41) is 4.50. The van der Waals surface area contributed by atoms with E-state index in [1.807, 2.05) is 18.7 Å². The van der Waals surface area contributed by atoms with Crippen LogP contribution in [0.4, 0.5) is 4.79 Å². The van der Waals surface area contributed by atoms with Gasteiger partial charge in [-0.25, -0.2) is 4.79 Å². The number of amides is 2. The van der Waals surface area contributed by atoms with Gasteiger partial charge in [0.2, 0.25) is 5.91 Å². The molecule has 0 radical (unpaired) electrons. The zero-order valence-electron chi connectivity index (χ0n) is 15.0. The van der Waals surface area contributed by atoms with Crippen LogP contribution in [0.1, 0.15) is 36.7 Å². The molecule has 0 bridgehead atoms. The molecule has 2 fully saturated rings. The molecule has 3 rings (SSSR count). The number of aryl methyl sites for hydroxylation is 1. The van der Waals surface area contributed by atoms with Gasteiger partial charge in [0.25, 0.3) is 0 Å². The minimum absolute atomic E-state index is 0.0351. The van der Waals surface area contributed by atoms with Gasteiger partial charge in [-0.15, -0.1) is 0 Å². The summed E-state index contributed by atoms with van der Waals surface area (Å²) in [6.07, 6.45) is 2.29. The van der Waals surface area contributed by atoms with Gasteiger partial charge >= 0.3 is 6.09 Å². The number of likely N-dealkylation sites (tertiary alicyclic amines) is 1. The second-order valence-corrected chi connectivity index (χ2v) is 6.99. The van der Waals surface area contributed by atoms with Crippen LogP contribution >= 0.6 is 0 Å². The molecule has 0 N–H and O–H groups in total. The smallest absolute Gasteiger partial charge is 0.410 e. The molecule has 1 spiro atoms. The molecule has 3 heterocycles. The number of ether oxygens (including phenoxy) is 1. The van der Waals surface area contributed by atoms with Crippen LogP contribution in [0.3, 0.4) is 0 Å². The molecule has 1 aromatic heterocycles. The standard InChI is InChI=1S/C17H26N4O3/c1-5-14-12(2)18-21(13(14)3)9-15(22)20-8-6-7-17(11-20)10-19(4)16(23)24-17/h5-11H2,1-4H3/t17-/m0/s1. The molecular weight excluding hydrogens is 308 g/mol. The molecule has 1 aromatic rings. The summed E-state index contributed by atoms with van der Waals surface area (Å²) in [5.74, 6) is 0.0351. The van der Waals surface area contributed by atoms with Gasteiger partial charge < -0.3 is 14.5 Å². The molecule has 2 amide bonds. The quantitative estimate of drug-likeness (QED) is 0.840. The number of carbonyl (C=O) groups is 2. The van der Waals surface area contributed by atoms with E-state index >= 15 is 0 Å². The lowest BCUT2D eigenvalue weighted by Gasteiger charge is -2.38. The summed E-state index contributed by atoms with van der Waals surface area (Å²) >= 11 is 0. The Balaban J connectivity index is 1.70. The summed E-state index contributed by atoms with van der Waals surface area (Å²) in [6.45, 7) is 8.07. The second-order valence-electron chi connectivity index (χ2n) is 6.99. The van der Waals surface area contributed by atoms with Crippen LogP contribution in [-0.4, -0.2) is 63.9 Å². The van der Waals surface area contributed by atoms with Crippen molar-refractivity contribution in [2.75, 3.05) is 26.7 Å². The van der Waals surface area contributed by atoms with Crippen molar-refractivity contribution in [3.63, 3.8) is 0 Å². The molecule has 24 heavy (non-hydrogen) atoms. The summed E-state index contributed by atoms with van der Waals surface area (Å²) < 4.78 is 7.36. The van der Waals surface area contributed by atoms with Gasteiger partial charge in [-0.1, -0.05) is 6.92 Å². The van der Waals surface area contributed by atoms with Crippen LogP contribution in [0.2, 0.25) is 0 Å². The molecule has 0 unspecified atom stereocenters. The highest BCUT2D eigenvalue weighted by Crippen LogP contribution is 2.31. The topological polar surface area (TPSA) is 67.7 Å². The van der Waals surface area contributed by atoms with Gasteiger partial charge in [0.15, 0.2) is 0 Å². The monoisotopic (exact) mass is 334 g/mol. The lowest BCUT2D eigenvalue weighted by Crippen LogP contribution is -2.53. The van der Waals surface area contributed by atoms with Crippen molar-refractivity contribution in [3.05, 3.63) is 17.0 Å². The molecule has 2 aliphatic rings. The Morgan fingerprint density at radius 2 is 2.08 bits per heavy atom. The number of piperidine rings is 1.